The summed E-state index contributed by atoms with van der Waals surface area (Å²) in [7, 11) is 0. The molecule has 0 aliphatic carbocycles. The summed E-state index contributed by atoms with van der Waals surface area (Å²) in [5.41, 5.74) is 0.769. The van der Waals surface area contributed by atoms with Crippen LogP contribution in [-0.2, 0) is 0 Å². The Balaban J connectivity index is 2.06. The zero-order valence-electron chi connectivity index (χ0n) is 10.5. The van der Waals surface area contributed by atoms with Gasteiger partial charge < -0.3 is 10.6 Å². The van der Waals surface area contributed by atoms with Crippen LogP contribution in [0.4, 0.5) is 21.9 Å². The Kier molecular flexibility index (Phi) is 4.77. The van der Waals surface area contributed by atoms with Crippen molar-refractivity contribution in [3.8, 4) is 0 Å². The lowest BCUT2D eigenvalue weighted by Crippen LogP contribution is -2.19. The molecule has 0 aromatic heterocycles. The lowest BCUT2D eigenvalue weighted by molar-refractivity contribution is -0.384. The number of hydrogen-bond acceptors (Lipinski definition) is 3. The molecule has 0 bridgehead atoms. The second-order valence-electron chi connectivity index (χ2n) is 4.02. The van der Waals surface area contributed by atoms with E-state index in [0.29, 0.717) is 20.9 Å². The number of carbonyl (C=O) groups excluding carboxylic acids is 1. The third kappa shape index (κ3) is 4.17. The molecule has 8 heteroatoms. The number of nitrogens with zero attached hydrogens (tertiary/aromatic N) is 1. The highest BCUT2D eigenvalue weighted by Crippen LogP contribution is 2.25. The van der Waals surface area contributed by atoms with Gasteiger partial charge in [-0.15, -0.1) is 0 Å². The van der Waals surface area contributed by atoms with Crippen molar-refractivity contribution in [2.75, 3.05) is 10.6 Å². The minimum Gasteiger partial charge on any atom is -0.308 e. The predicted octanol–water partition coefficient (Wildman–Crippen LogP) is 4.65. The molecule has 108 valence electrons. The van der Waals surface area contributed by atoms with Crippen molar-refractivity contribution in [2.24, 2.45) is 0 Å². The Morgan fingerprint density at radius 3 is 2.43 bits per heavy atom. The number of hydrogen-bond donors (Lipinski definition) is 2. The maximum atomic E-state index is 11.8. The van der Waals surface area contributed by atoms with Crippen molar-refractivity contribution in [1.82, 2.24) is 0 Å². The molecule has 2 aromatic rings. The van der Waals surface area contributed by atoms with Gasteiger partial charge in [-0.3, -0.25) is 10.1 Å². The van der Waals surface area contributed by atoms with Gasteiger partial charge in [0.1, 0.15) is 0 Å². The first-order chi connectivity index (χ1) is 9.95. The summed E-state index contributed by atoms with van der Waals surface area (Å²) in [5, 5.41) is 16.3. The minimum absolute atomic E-state index is 0.0953. The Morgan fingerprint density at radius 2 is 1.81 bits per heavy atom. The van der Waals surface area contributed by atoms with Crippen LogP contribution < -0.4 is 10.6 Å². The molecule has 2 amide bonds. The lowest BCUT2D eigenvalue weighted by atomic mass is 10.3. The highest BCUT2D eigenvalue weighted by molar-refractivity contribution is 9.10. The van der Waals surface area contributed by atoms with Crippen LogP contribution in [-0.4, -0.2) is 11.0 Å². The van der Waals surface area contributed by atoms with Crippen molar-refractivity contribution in [2.45, 2.75) is 0 Å². The van der Waals surface area contributed by atoms with E-state index in [4.69, 9.17) is 11.6 Å². The normalized spacial score (nSPS) is 10.0. The van der Waals surface area contributed by atoms with Gasteiger partial charge in [0.05, 0.1) is 9.95 Å². The quantitative estimate of drug-likeness (QED) is 0.609. The number of rotatable bonds is 3. The van der Waals surface area contributed by atoms with E-state index in [1.165, 1.54) is 18.2 Å². The monoisotopic (exact) mass is 369 g/mol. The molecule has 0 saturated heterocycles. The average molecular weight is 371 g/mol. The fourth-order valence-corrected chi connectivity index (χ4v) is 2.06. The molecule has 2 aromatic carbocycles. The molecule has 21 heavy (non-hydrogen) atoms. The van der Waals surface area contributed by atoms with E-state index in [2.05, 4.69) is 26.6 Å². The van der Waals surface area contributed by atoms with E-state index >= 15 is 0 Å². The second-order valence-corrected chi connectivity index (χ2v) is 5.28. The zero-order chi connectivity index (χ0) is 15.4. The third-order valence-electron chi connectivity index (χ3n) is 2.49. The molecular weight excluding hydrogens is 362 g/mol. The number of benzene rings is 2. The van der Waals surface area contributed by atoms with E-state index < -0.39 is 11.0 Å². The summed E-state index contributed by atoms with van der Waals surface area (Å²) < 4.78 is 0.650. The topological polar surface area (TPSA) is 84.3 Å². The van der Waals surface area contributed by atoms with Crippen molar-refractivity contribution in [3.63, 3.8) is 0 Å². The van der Waals surface area contributed by atoms with Crippen LogP contribution in [0.25, 0.3) is 0 Å². The predicted molar refractivity (Wildman–Crippen MR) is 84.9 cm³/mol. The molecule has 0 aliphatic heterocycles. The maximum Gasteiger partial charge on any atom is 0.323 e. The Bertz CT molecular complexity index is 709. The molecule has 0 unspecified atom stereocenters. The van der Waals surface area contributed by atoms with Crippen LogP contribution >= 0.6 is 27.5 Å². The molecule has 0 radical (unpaired) electrons. The van der Waals surface area contributed by atoms with Crippen LogP contribution in [0.5, 0.6) is 0 Å². The van der Waals surface area contributed by atoms with Gasteiger partial charge >= 0.3 is 6.03 Å². The number of non-ortho nitro benzene ring substituents is 1. The van der Waals surface area contributed by atoms with Gasteiger partial charge in [-0.05, 0) is 40.2 Å². The van der Waals surface area contributed by atoms with E-state index in [9.17, 15) is 14.9 Å². The second kappa shape index (κ2) is 6.55. The van der Waals surface area contributed by atoms with Gasteiger partial charge in [0.2, 0.25) is 0 Å². The summed E-state index contributed by atoms with van der Waals surface area (Å²) in [6.07, 6.45) is 0. The molecule has 0 fully saturated rings. The third-order valence-corrected chi connectivity index (χ3v) is 3.71. The van der Waals surface area contributed by atoms with E-state index in [-0.39, 0.29) is 5.69 Å². The standard InChI is InChI=1S/C13H9BrClN3O3/c14-11-7-9(4-5-12(11)15)17-13(19)16-8-2-1-3-10(6-8)18(20)21/h1-7H,(H2,16,17,19). The first kappa shape index (κ1) is 15.3. The molecule has 0 aliphatic rings. The molecule has 0 atom stereocenters. The summed E-state index contributed by atoms with van der Waals surface area (Å²) >= 11 is 9.10. The number of halogens is 2. The highest BCUT2D eigenvalue weighted by atomic mass is 79.9. The summed E-state index contributed by atoms with van der Waals surface area (Å²) in [6.45, 7) is 0. The molecule has 0 heterocycles. The molecule has 6 nitrogen and oxygen atoms in total. The number of anilines is 2. The lowest BCUT2D eigenvalue weighted by Gasteiger charge is -2.08. The van der Waals surface area contributed by atoms with E-state index in [1.54, 1.807) is 24.3 Å². The molecule has 0 saturated carbocycles. The van der Waals surface area contributed by atoms with E-state index in [1.807, 2.05) is 0 Å². The van der Waals surface area contributed by atoms with Crippen molar-refractivity contribution >= 4 is 50.6 Å². The van der Waals surface area contributed by atoms with Crippen LogP contribution in [0.15, 0.2) is 46.9 Å². The van der Waals surface area contributed by atoms with Gasteiger partial charge in [0, 0.05) is 28.0 Å². The van der Waals surface area contributed by atoms with Gasteiger partial charge in [0.25, 0.3) is 5.69 Å². The molecule has 0 spiro atoms. The first-order valence-electron chi connectivity index (χ1n) is 5.73. The SMILES string of the molecule is O=C(Nc1cccc([N+](=O)[O-])c1)Nc1ccc(Cl)c(Br)c1. The summed E-state index contributed by atoms with van der Waals surface area (Å²) in [6, 6.07) is 10.1. The minimum atomic E-state index is -0.528. The van der Waals surface area contributed by atoms with Gasteiger partial charge in [-0.25, -0.2) is 4.79 Å². The number of carbonyl (C=O) groups is 1. The molecule has 2 rings (SSSR count). The summed E-state index contributed by atoms with van der Waals surface area (Å²) in [5.74, 6) is 0. The smallest absolute Gasteiger partial charge is 0.308 e. The van der Waals surface area contributed by atoms with Gasteiger partial charge in [-0.1, -0.05) is 17.7 Å². The fraction of sp³-hybridized carbons (Fsp3) is 0. The molecular formula is C13H9BrClN3O3. The average Bonchev–Trinajstić information content (AvgIpc) is 2.43. The first-order valence-corrected chi connectivity index (χ1v) is 6.90. The zero-order valence-corrected chi connectivity index (χ0v) is 12.8. The number of amides is 2. The Hall–Kier alpha value is -2.12. The van der Waals surface area contributed by atoms with Crippen molar-refractivity contribution in [1.29, 1.82) is 0 Å². The van der Waals surface area contributed by atoms with E-state index in [0.717, 1.165) is 0 Å². The van der Waals surface area contributed by atoms with Gasteiger partial charge in [0.15, 0.2) is 0 Å². The van der Waals surface area contributed by atoms with Crippen LogP contribution in [0, 0.1) is 10.1 Å². The van der Waals surface area contributed by atoms with Crippen molar-refractivity contribution in [3.05, 3.63) is 62.1 Å². The van der Waals surface area contributed by atoms with Crippen LogP contribution in [0.1, 0.15) is 0 Å². The fourth-order valence-electron chi connectivity index (χ4n) is 1.56. The van der Waals surface area contributed by atoms with Crippen molar-refractivity contribution < 1.29 is 9.72 Å². The summed E-state index contributed by atoms with van der Waals surface area (Å²) in [4.78, 5) is 21.9. The number of nitro benzene ring substituents is 1. The largest absolute Gasteiger partial charge is 0.323 e. The Morgan fingerprint density at radius 1 is 1.14 bits per heavy atom. The number of urea groups is 1. The number of nitrogens with one attached hydrogen (secondary N) is 2. The maximum absolute atomic E-state index is 11.8. The number of nitro groups is 1. The van der Waals surface area contributed by atoms with Crippen LogP contribution in [0.2, 0.25) is 5.02 Å². The highest BCUT2D eigenvalue weighted by Gasteiger charge is 2.08. The molecule has 2 N–H and O–H groups in total. The Labute approximate surface area is 133 Å². The van der Waals surface area contributed by atoms with Crippen LogP contribution in [0.3, 0.4) is 0 Å². The van der Waals surface area contributed by atoms with Gasteiger partial charge in [-0.2, -0.15) is 0 Å².